The molecule has 1 aliphatic rings. The lowest BCUT2D eigenvalue weighted by Crippen LogP contribution is -2.39. The lowest BCUT2D eigenvalue weighted by molar-refractivity contribution is -0.125. The fourth-order valence-corrected chi connectivity index (χ4v) is 4.30. The molecule has 1 N–H and O–H groups in total. The van der Waals surface area contributed by atoms with Gasteiger partial charge < -0.3 is 24.4 Å². The van der Waals surface area contributed by atoms with Gasteiger partial charge in [0, 0.05) is 25.0 Å². The fourth-order valence-electron chi connectivity index (χ4n) is 4.09. The van der Waals surface area contributed by atoms with Gasteiger partial charge in [-0.3, -0.25) is 9.59 Å². The van der Waals surface area contributed by atoms with Crippen molar-refractivity contribution in [2.24, 2.45) is 5.92 Å². The summed E-state index contributed by atoms with van der Waals surface area (Å²) in [6.07, 6.45) is 0. The van der Waals surface area contributed by atoms with Gasteiger partial charge in [-0.2, -0.15) is 0 Å². The zero-order chi connectivity index (χ0) is 23.4. The fraction of sp³-hybridized carbons (Fsp3) is 0.417. The Morgan fingerprint density at radius 2 is 1.66 bits per heavy atom. The number of nitrogens with one attached hydrogen (secondary N) is 1. The van der Waals surface area contributed by atoms with Crippen LogP contribution in [0.25, 0.3) is 0 Å². The zero-order valence-electron chi connectivity index (χ0n) is 19.0. The molecule has 1 saturated heterocycles. The Labute approximate surface area is 193 Å². The van der Waals surface area contributed by atoms with E-state index in [0.717, 1.165) is 5.56 Å². The molecule has 0 saturated carbocycles. The Balaban J connectivity index is 2.01. The van der Waals surface area contributed by atoms with Crippen molar-refractivity contribution in [3.8, 4) is 17.2 Å². The van der Waals surface area contributed by atoms with Crippen molar-refractivity contribution in [2.45, 2.75) is 25.8 Å². The van der Waals surface area contributed by atoms with E-state index in [1.165, 1.54) is 0 Å². The number of methoxy groups -OCH3 is 3. The highest BCUT2D eigenvalue weighted by Gasteiger charge is 2.41. The second-order valence-electron chi connectivity index (χ2n) is 8.02. The molecular weight excluding hydrogens is 432 g/mol. The molecule has 2 amide bonds. The molecule has 0 radical (unpaired) electrons. The summed E-state index contributed by atoms with van der Waals surface area (Å²) < 4.78 is 16.4. The number of hydrogen-bond donors (Lipinski definition) is 1. The van der Waals surface area contributed by atoms with E-state index in [-0.39, 0.29) is 30.3 Å². The van der Waals surface area contributed by atoms with E-state index in [0.29, 0.717) is 34.4 Å². The Hall–Kier alpha value is -2.93. The molecule has 2 aromatic rings. The lowest BCUT2D eigenvalue weighted by Gasteiger charge is -2.21. The highest BCUT2D eigenvalue weighted by atomic mass is 35.5. The van der Waals surface area contributed by atoms with Crippen molar-refractivity contribution < 1.29 is 23.8 Å². The Morgan fingerprint density at radius 3 is 2.19 bits per heavy atom. The summed E-state index contributed by atoms with van der Waals surface area (Å²) in [5, 5.41) is 3.37. The Morgan fingerprint density at radius 1 is 1.03 bits per heavy atom. The standard InChI is InChI=1S/C24H29ClN2O5/c1-14(2)26-23(28)18-13-27(24(29)16-8-6-7-9-19(16)25)12-17(18)15-10-20(30-3)22(32-5)21(11-15)31-4/h6-11,14,17-18H,12-13H2,1-5H3,(H,26,28). The molecule has 2 atom stereocenters. The predicted octanol–water partition coefficient (Wildman–Crippen LogP) is 3.75. The Kier molecular flexibility index (Phi) is 7.51. The summed E-state index contributed by atoms with van der Waals surface area (Å²) in [6.45, 7) is 4.46. The van der Waals surface area contributed by atoms with E-state index < -0.39 is 5.92 Å². The second kappa shape index (κ2) is 10.1. The number of nitrogens with zero attached hydrogens (tertiary/aromatic N) is 1. The summed E-state index contributed by atoms with van der Waals surface area (Å²) in [5.74, 6) is 0.479. The third-order valence-corrected chi connectivity index (χ3v) is 5.92. The van der Waals surface area contributed by atoms with Gasteiger partial charge in [0.15, 0.2) is 11.5 Å². The van der Waals surface area contributed by atoms with Gasteiger partial charge in [-0.05, 0) is 43.7 Å². The quantitative estimate of drug-likeness (QED) is 0.681. The normalized spacial score (nSPS) is 17.9. The SMILES string of the molecule is COc1cc(C2CN(C(=O)c3ccccc3Cl)CC2C(=O)NC(C)C)cc(OC)c1OC. The van der Waals surface area contributed by atoms with Crippen LogP contribution in [0.3, 0.4) is 0 Å². The molecule has 2 aromatic carbocycles. The van der Waals surface area contributed by atoms with E-state index in [1.807, 2.05) is 26.0 Å². The average Bonchev–Trinajstić information content (AvgIpc) is 3.23. The van der Waals surface area contributed by atoms with Gasteiger partial charge >= 0.3 is 0 Å². The maximum Gasteiger partial charge on any atom is 0.255 e. The van der Waals surface area contributed by atoms with Crippen LogP contribution in [0.15, 0.2) is 36.4 Å². The molecule has 7 nitrogen and oxygen atoms in total. The van der Waals surface area contributed by atoms with Crippen LogP contribution in [0.1, 0.15) is 35.7 Å². The number of rotatable bonds is 7. The number of ether oxygens (including phenoxy) is 3. The maximum absolute atomic E-state index is 13.2. The summed E-state index contributed by atoms with van der Waals surface area (Å²) in [6, 6.07) is 10.6. The van der Waals surface area contributed by atoms with Crippen molar-refractivity contribution in [1.82, 2.24) is 10.2 Å². The topological polar surface area (TPSA) is 77.1 Å². The van der Waals surface area contributed by atoms with Crippen molar-refractivity contribution in [2.75, 3.05) is 34.4 Å². The van der Waals surface area contributed by atoms with Crippen molar-refractivity contribution in [3.63, 3.8) is 0 Å². The number of hydrogen-bond acceptors (Lipinski definition) is 5. The average molecular weight is 461 g/mol. The number of carbonyl (C=O) groups excluding carboxylic acids is 2. The molecule has 3 rings (SSSR count). The first kappa shape index (κ1) is 23.7. The first-order chi connectivity index (χ1) is 15.3. The summed E-state index contributed by atoms with van der Waals surface area (Å²) >= 11 is 6.26. The first-order valence-electron chi connectivity index (χ1n) is 10.4. The number of likely N-dealkylation sites (tertiary alicyclic amines) is 1. The number of halogens is 1. The molecule has 0 aliphatic carbocycles. The van der Waals surface area contributed by atoms with Crippen molar-refractivity contribution in [3.05, 3.63) is 52.5 Å². The van der Waals surface area contributed by atoms with Gasteiger partial charge in [0.2, 0.25) is 11.7 Å². The summed E-state index contributed by atoms with van der Waals surface area (Å²) in [7, 11) is 4.64. The first-order valence-corrected chi connectivity index (χ1v) is 10.8. The molecule has 32 heavy (non-hydrogen) atoms. The summed E-state index contributed by atoms with van der Waals surface area (Å²) in [4.78, 5) is 28.0. The number of benzene rings is 2. The second-order valence-corrected chi connectivity index (χ2v) is 8.43. The van der Waals surface area contributed by atoms with Crippen molar-refractivity contribution >= 4 is 23.4 Å². The molecule has 0 bridgehead atoms. The van der Waals surface area contributed by atoms with Crippen LogP contribution in [0.5, 0.6) is 17.2 Å². The van der Waals surface area contributed by atoms with Gasteiger partial charge in [0.05, 0.1) is 37.8 Å². The van der Waals surface area contributed by atoms with Crippen LogP contribution < -0.4 is 19.5 Å². The zero-order valence-corrected chi connectivity index (χ0v) is 19.7. The molecule has 1 aliphatic heterocycles. The van der Waals surface area contributed by atoms with Crippen LogP contribution in [0.4, 0.5) is 0 Å². The van der Waals surface area contributed by atoms with Crippen LogP contribution in [0, 0.1) is 5.92 Å². The van der Waals surface area contributed by atoms with Gasteiger partial charge in [-0.15, -0.1) is 0 Å². The van der Waals surface area contributed by atoms with Crippen molar-refractivity contribution in [1.29, 1.82) is 0 Å². The van der Waals surface area contributed by atoms with E-state index in [9.17, 15) is 9.59 Å². The molecule has 0 spiro atoms. The number of amides is 2. The van der Waals surface area contributed by atoms with Gasteiger partial charge in [0.1, 0.15) is 0 Å². The molecule has 172 valence electrons. The minimum absolute atomic E-state index is 0.0172. The monoisotopic (exact) mass is 460 g/mol. The van der Waals surface area contributed by atoms with Gasteiger partial charge in [-0.1, -0.05) is 23.7 Å². The van der Waals surface area contributed by atoms with E-state index >= 15 is 0 Å². The molecule has 1 fully saturated rings. The predicted molar refractivity (Wildman–Crippen MR) is 123 cm³/mol. The van der Waals surface area contributed by atoms with E-state index in [2.05, 4.69) is 5.32 Å². The van der Waals surface area contributed by atoms with Crippen LogP contribution in [-0.4, -0.2) is 57.2 Å². The van der Waals surface area contributed by atoms with E-state index in [4.69, 9.17) is 25.8 Å². The molecule has 0 aromatic heterocycles. The highest BCUT2D eigenvalue weighted by Crippen LogP contribution is 2.43. The minimum atomic E-state index is -0.438. The van der Waals surface area contributed by atoms with Crippen LogP contribution in [-0.2, 0) is 4.79 Å². The molecule has 1 heterocycles. The highest BCUT2D eigenvalue weighted by molar-refractivity contribution is 6.33. The van der Waals surface area contributed by atoms with Crippen LogP contribution in [0.2, 0.25) is 5.02 Å². The van der Waals surface area contributed by atoms with E-state index in [1.54, 1.807) is 50.5 Å². The number of carbonyl (C=O) groups is 2. The third kappa shape index (κ3) is 4.78. The largest absolute Gasteiger partial charge is 0.493 e. The van der Waals surface area contributed by atoms with Gasteiger partial charge in [0.25, 0.3) is 5.91 Å². The van der Waals surface area contributed by atoms with Crippen LogP contribution >= 0.6 is 11.6 Å². The summed E-state index contributed by atoms with van der Waals surface area (Å²) in [5.41, 5.74) is 1.25. The molecule has 2 unspecified atom stereocenters. The molecular formula is C24H29ClN2O5. The minimum Gasteiger partial charge on any atom is -0.493 e. The maximum atomic E-state index is 13.2. The third-order valence-electron chi connectivity index (χ3n) is 5.59. The smallest absolute Gasteiger partial charge is 0.255 e. The Bertz CT molecular complexity index is 969. The molecule has 8 heteroatoms. The lowest BCUT2D eigenvalue weighted by atomic mass is 9.87. The van der Waals surface area contributed by atoms with Gasteiger partial charge in [-0.25, -0.2) is 0 Å².